The van der Waals surface area contributed by atoms with Crippen LogP contribution < -0.4 is 5.32 Å². The Bertz CT molecular complexity index is 198. The van der Waals surface area contributed by atoms with Crippen LogP contribution in [0.4, 0.5) is 0 Å². The van der Waals surface area contributed by atoms with Crippen LogP contribution in [0.3, 0.4) is 0 Å². The lowest BCUT2D eigenvalue weighted by Gasteiger charge is -2.15. The zero-order valence-corrected chi connectivity index (χ0v) is 10.1. The highest BCUT2D eigenvalue weighted by Gasteiger charge is 2.16. The molecule has 0 saturated heterocycles. The topological polar surface area (TPSA) is 12.0 Å². The first-order valence-electron chi connectivity index (χ1n) is 5.55. The Morgan fingerprint density at radius 1 is 1.43 bits per heavy atom. The summed E-state index contributed by atoms with van der Waals surface area (Å²) in [6, 6.07) is 0.577. The predicted octanol–water partition coefficient (Wildman–Crippen LogP) is 2.66. The smallest absolute Gasteiger partial charge is 0.0264 e. The van der Waals surface area contributed by atoms with Gasteiger partial charge in [-0.3, -0.25) is 0 Å². The van der Waals surface area contributed by atoms with Gasteiger partial charge in [0.15, 0.2) is 0 Å². The van der Waals surface area contributed by atoms with Crippen molar-refractivity contribution in [1.82, 2.24) is 5.32 Å². The zero-order chi connectivity index (χ0) is 10.2. The van der Waals surface area contributed by atoms with Gasteiger partial charge in [0.05, 0.1) is 0 Å². The second-order valence-electron chi connectivity index (χ2n) is 3.86. The van der Waals surface area contributed by atoms with Crippen LogP contribution in [-0.4, -0.2) is 24.1 Å². The summed E-state index contributed by atoms with van der Waals surface area (Å²) in [6.45, 7) is 1.91. The van der Waals surface area contributed by atoms with Crippen molar-refractivity contribution in [3.63, 3.8) is 0 Å². The summed E-state index contributed by atoms with van der Waals surface area (Å²) < 4.78 is 0. The zero-order valence-electron chi connectivity index (χ0n) is 9.31. The molecular formula is C12H21NS. The summed E-state index contributed by atoms with van der Waals surface area (Å²) in [6.07, 6.45) is 6.74. The van der Waals surface area contributed by atoms with Gasteiger partial charge in [0.25, 0.3) is 0 Å². The Morgan fingerprint density at radius 2 is 2.14 bits per heavy atom. The molecule has 14 heavy (non-hydrogen) atoms. The van der Waals surface area contributed by atoms with Crippen LogP contribution in [0.25, 0.3) is 0 Å². The van der Waals surface area contributed by atoms with E-state index in [1.165, 1.54) is 31.4 Å². The Balaban J connectivity index is 2.14. The average Bonchev–Trinajstić information content (AvgIpc) is 2.71. The molecular weight excluding hydrogens is 190 g/mol. The van der Waals surface area contributed by atoms with Gasteiger partial charge in [-0.05, 0) is 26.8 Å². The average molecular weight is 211 g/mol. The molecule has 1 aliphatic rings. The van der Waals surface area contributed by atoms with E-state index in [0.717, 1.165) is 11.7 Å². The fourth-order valence-corrected chi connectivity index (χ4v) is 3.23. The molecule has 2 heteroatoms. The molecule has 1 nitrogen and oxygen atoms in total. The molecule has 0 radical (unpaired) electrons. The van der Waals surface area contributed by atoms with Gasteiger partial charge in [-0.1, -0.05) is 12.8 Å². The number of hydrogen-bond acceptors (Lipinski definition) is 2. The third-order valence-corrected chi connectivity index (χ3v) is 4.31. The molecule has 0 heterocycles. The summed E-state index contributed by atoms with van der Waals surface area (Å²) in [5.74, 6) is 7.33. The first-order chi connectivity index (χ1) is 6.86. The highest BCUT2D eigenvalue weighted by Crippen LogP contribution is 2.29. The van der Waals surface area contributed by atoms with Crippen LogP contribution in [0.5, 0.6) is 0 Å². The van der Waals surface area contributed by atoms with Crippen molar-refractivity contribution in [3.8, 4) is 11.8 Å². The van der Waals surface area contributed by atoms with E-state index < -0.39 is 0 Å². The van der Waals surface area contributed by atoms with Crippen molar-refractivity contribution < 1.29 is 0 Å². The second-order valence-corrected chi connectivity index (χ2v) is 5.19. The molecule has 80 valence electrons. The maximum Gasteiger partial charge on any atom is 0.0264 e. The maximum atomic E-state index is 3.34. The van der Waals surface area contributed by atoms with Gasteiger partial charge in [-0.15, -0.1) is 11.8 Å². The van der Waals surface area contributed by atoms with E-state index in [1.54, 1.807) is 0 Å². The van der Waals surface area contributed by atoms with E-state index in [0.29, 0.717) is 6.04 Å². The molecule has 1 rings (SSSR count). The lowest BCUT2D eigenvalue weighted by Crippen LogP contribution is -2.27. The molecule has 0 aromatic rings. The molecule has 0 amide bonds. The first-order valence-corrected chi connectivity index (χ1v) is 6.60. The largest absolute Gasteiger partial charge is 0.315 e. The van der Waals surface area contributed by atoms with Crippen molar-refractivity contribution in [2.45, 2.75) is 50.3 Å². The molecule has 1 unspecified atom stereocenters. The SMILES string of the molecule is CC#CCC(CSC1CCCC1)NC. The Kier molecular flexibility index (Phi) is 6.14. The van der Waals surface area contributed by atoms with Gasteiger partial charge in [-0.2, -0.15) is 11.8 Å². The summed E-state index contributed by atoms with van der Waals surface area (Å²) >= 11 is 2.14. The van der Waals surface area contributed by atoms with Crippen molar-refractivity contribution >= 4 is 11.8 Å². The van der Waals surface area contributed by atoms with Gasteiger partial charge in [0.1, 0.15) is 0 Å². The third-order valence-electron chi connectivity index (χ3n) is 2.77. The maximum absolute atomic E-state index is 3.34. The minimum absolute atomic E-state index is 0.577. The number of thioether (sulfide) groups is 1. The standard InChI is InChI=1S/C12H21NS/c1-3-4-7-11(13-2)10-14-12-8-5-6-9-12/h11-13H,5-10H2,1-2H3. The molecule has 1 atom stereocenters. The van der Waals surface area contributed by atoms with Crippen LogP contribution in [0.15, 0.2) is 0 Å². The van der Waals surface area contributed by atoms with Crippen molar-refractivity contribution in [2.75, 3.05) is 12.8 Å². The highest BCUT2D eigenvalue weighted by atomic mass is 32.2. The third kappa shape index (κ3) is 4.39. The summed E-state index contributed by atoms with van der Waals surface area (Å²) in [5.41, 5.74) is 0. The highest BCUT2D eigenvalue weighted by molar-refractivity contribution is 7.99. The molecule has 0 aromatic carbocycles. The number of hydrogen-bond donors (Lipinski definition) is 1. The first kappa shape index (κ1) is 11.9. The quantitative estimate of drug-likeness (QED) is 0.702. The van der Waals surface area contributed by atoms with Gasteiger partial charge in [-0.25, -0.2) is 0 Å². The van der Waals surface area contributed by atoms with Crippen molar-refractivity contribution in [2.24, 2.45) is 0 Å². The number of rotatable bonds is 5. The van der Waals surface area contributed by atoms with Gasteiger partial charge < -0.3 is 5.32 Å². The molecule has 0 aliphatic heterocycles. The predicted molar refractivity (Wildman–Crippen MR) is 65.6 cm³/mol. The Morgan fingerprint density at radius 3 is 2.71 bits per heavy atom. The molecule has 1 aliphatic carbocycles. The molecule has 1 saturated carbocycles. The Labute approximate surface area is 92.4 Å². The van der Waals surface area contributed by atoms with E-state index in [4.69, 9.17) is 0 Å². The summed E-state index contributed by atoms with van der Waals surface area (Å²) in [5, 5.41) is 4.27. The monoisotopic (exact) mass is 211 g/mol. The van der Waals surface area contributed by atoms with Gasteiger partial charge in [0, 0.05) is 23.5 Å². The lowest BCUT2D eigenvalue weighted by molar-refractivity contribution is 0.635. The van der Waals surface area contributed by atoms with Crippen molar-refractivity contribution in [3.05, 3.63) is 0 Å². The van der Waals surface area contributed by atoms with Crippen LogP contribution in [0.1, 0.15) is 39.0 Å². The fourth-order valence-electron chi connectivity index (χ4n) is 1.78. The fraction of sp³-hybridized carbons (Fsp3) is 0.833. The molecule has 1 N–H and O–H groups in total. The molecule has 0 bridgehead atoms. The molecule has 1 fully saturated rings. The van der Waals surface area contributed by atoms with E-state index in [2.05, 4.69) is 28.9 Å². The Hall–Kier alpha value is -0.130. The van der Waals surface area contributed by atoms with Crippen LogP contribution in [-0.2, 0) is 0 Å². The molecule has 0 aromatic heterocycles. The van der Waals surface area contributed by atoms with E-state index in [-0.39, 0.29) is 0 Å². The van der Waals surface area contributed by atoms with Gasteiger partial charge in [0.2, 0.25) is 0 Å². The van der Waals surface area contributed by atoms with Crippen LogP contribution in [0.2, 0.25) is 0 Å². The second kappa shape index (κ2) is 7.20. The van der Waals surface area contributed by atoms with Crippen LogP contribution >= 0.6 is 11.8 Å². The number of nitrogens with one attached hydrogen (secondary N) is 1. The summed E-state index contributed by atoms with van der Waals surface area (Å²) in [4.78, 5) is 0. The molecule has 0 spiro atoms. The normalized spacial score (nSPS) is 19.0. The van der Waals surface area contributed by atoms with E-state index in [1.807, 2.05) is 14.0 Å². The van der Waals surface area contributed by atoms with Gasteiger partial charge >= 0.3 is 0 Å². The van der Waals surface area contributed by atoms with E-state index in [9.17, 15) is 0 Å². The van der Waals surface area contributed by atoms with E-state index >= 15 is 0 Å². The summed E-state index contributed by atoms with van der Waals surface area (Å²) in [7, 11) is 2.04. The lowest BCUT2D eigenvalue weighted by atomic mass is 10.2. The van der Waals surface area contributed by atoms with Crippen molar-refractivity contribution in [1.29, 1.82) is 0 Å². The minimum atomic E-state index is 0.577. The van der Waals surface area contributed by atoms with Crippen LogP contribution in [0, 0.1) is 11.8 Å². The minimum Gasteiger partial charge on any atom is -0.315 e.